The summed E-state index contributed by atoms with van der Waals surface area (Å²) in [5.41, 5.74) is 3.44. The Balaban J connectivity index is 1.68. The summed E-state index contributed by atoms with van der Waals surface area (Å²) in [4.78, 5) is 8.53. The van der Waals surface area contributed by atoms with Crippen molar-refractivity contribution in [1.29, 1.82) is 0 Å². The van der Waals surface area contributed by atoms with Crippen LogP contribution in [0.25, 0.3) is 5.69 Å². The zero-order chi connectivity index (χ0) is 20.6. The first-order valence-electron chi connectivity index (χ1n) is 9.53. The van der Waals surface area contributed by atoms with E-state index in [9.17, 15) is 4.39 Å². The zero-order valence-electron chi connectivity index (χ0n) is 16.9. The molecule has 2 aromatic carbocycles. The number of hydrogen-bond donors (Lipinski definition) is 2. The Morgan fingerprint density at radius 1 is 1.21 bits per heavy atom. The summed E-state index contributed by atoms with van der Waals surface area (Å²) in [5.74, 6) is 1.19. The molecule has 0 saturated heterocycles. The van der Waals surface area contributed by atoms with Crippen LogP contribution in [0.3, 0.4) is 0 Å². The second-order valence-electron chi connectivity index (χ2n) is 6.62. The molecule has 3 rings (SSSR count). The van der Waals surface area contributed by atoms with E-state index in [1.165, 1.54) is 6.07 Å². The number of methoxy groups -OCH3 is 1. The van der Waals surface area contributed by atoms with Crippen LogP contribution in [0, 0.1) is 12.7 Å². The Morgan fingerprint density at radius 2 is 2.07 bits per heavy atom. The van der Waals surface area contributed by atoms with Gasteiger partial charge in [0.1, 0.15) is 11.6 Å². The van der Waals surface area contributed by atoms with Gasteiger partial charge in [-0.05, 0) is 43.2 Å². The monoisotopic (exact) mass is 395 g/mol. The van der Waals surface area contributed by atoms with Gasteiger partial charge in [-0.25, -0.2) is 14.4 Å². The van der Waals surface area contributed by atoms with Crippen molar-refractivity contribution in [1.82, 2.24) is 20.2 Å². The average Bonchev–Trinajstić information content (AvgIpc) is 3.25. The number of halogens is 1. The van der Waals surface area contributed by atoms with E-state index >= 15 is 0 Å². The highest BCUT2D eigenvalue weighted by Crippen LogP contribution is 2.19. The molecular formula is C22H26FN5O. The molecule has 3 aromatic rings. The van der Waals surface area contributed by atoms with E-state index in [0.717, 1.165) is 29.0 Å². The van der Waals surface area contributed by atoms with Crippen LogP contribution in [-0.2, 0) is 13.1 Å². The maximum atomic E-state index is 14.4. The van der Waals surface area contributed by atoms with Crippen molar-refractivity contribution in [3.05, 3.63) is 77.6 Å². The molecule has 6 nitrogen and oxygen atoms in total. The number of aliphatic imine (C=N–C) groups is 1. The molecule has 0 fully saturated rings. The van der Waals surface area contributed by atoms with Crippen LogP contribution in [-0.4, -0.2) is 29.2 Å². The number of hydrogen-bond acceptors (Lipinski definition) is 3. The lowest BCUT2D eigenvalue weighted by Crippen LogP contribution is -2.36. The smallest absolute Gasteiger partial charge is 0.191 e. The summed E-state index contributed by atoms with van der Waals surface area (Å²) < 4.78 is 21.5. The summed E-state index contributed by atoms with van der Waals surface area (Å²) in [5, 5.41) is 6.51. The summed E-state index contributed by atoms with van der Waals surface area (Å²) >= 11 is 0. The standard InChI is InChI=1S/C22H26FN5O/c1-4-25-22(27-14-18-7-5-16(2)11-21(18)29-3)26-13-17-6-8-20(19(23)12-17)28-10-9-24-15-28/h5-12,15H,4,13-14H2,1-3H3,(H2,25,26,27). The largest absolute Gasteiger partial charge is 0.496 e. The van der Waals surface area contributed by atoms with Gasteiger partial charge in [-0.15, -0.1) is 0 Å². The van der Waals surface area contributed by atoms with E-state index in [2.05, 4.69) is 20.6 Å². The topological polar surface area (TPSA) is 63.5 Å². The molecule has 1 aromatic heterocycles. The quantitative estimate of drug-likeness (QED) is 0.474. The normalized spacial score (nSPS) is 11.4. The van der Waals surface area contributed by atoms with Gasteiger partial charge in [0.15, 0.2) is 5.96 Å². The van der Waals surface area contributed by atoms with Crippen molar-refractivity contribution in [2.24, 2.45) is 4.99 Å². The lowest BCUT2D eigenvalue weighted by atomic mass is 10.1. The van der Waals surface area contributed by atoms with Crippen molar-refractivity contribution in [2.75, 3.05) is 13.7 Å². The molecule has 0 bridgehead atoms. The van der Waals surface area contributed by atoms with Crippen LogP contribution in [0.1, 0.15) is 23.6 Å². The van der Waals surface area contributed by atoms with Gasteiger partial charge >= 0.3 is 0 Å². The van der Waals surface area contributed by atoms with Crippen LogP contribution < -0.4 is 15.4 Å². The lowest BCUT2D eigenvalue weighted by Gasteiger charge is -2.14. The van der Waals surface area contributed by atoms with Crippen molar-refractivity contribution in [2.45, 2.75) is 26.9 Å². The molecule has 29 heavy (non-hydrogen) atoms. The van der Waals surface area contributed by atoms with Crippen molar-refractivity contribution >= 4 is 5.96 Å². The van der Waals surface area contributed by atoms with Gasteiger partial charge in [0.2, 0.25) is 0 Å². The molecule has 0 spiro atoms. The lowest BCUT2D eigenvalue weighted by molar-refractivity contribution is 0.408. The fourth-order valence-electron chi connectivity index (χ4n) is 2.95. The fraction of sp³-hybridized carbons (Fsp3) is 0.273. The van der Waals surface area contributed by atoms with Gasteiger partial charge in [-0.3, -0.25) is 0 Å². The Hall–Kier alpha value is -3.35. The number of rotatable bonds is 7. The van der Waals surface area contributed by atoms with Gasteiger partial charge < -0.3 is 19.9 Å². The first-order chi connectivity index (χ1) is 14.1. The number of aryl methyl sites for hydroxylation is 1. The first kappa shape index (κ1) is 20.4. The van der Waals surface area contributed by atoms with E-state index in [-0.39, 0.29) is 5.82 Å². The molecule has 0 aliphatic rings. The van der Waals surface area contributed by atoms with Crippen LogP contribution in [0.15, 0.2) is 60.1 Å². The van der Waals surface area contributed by atoms with Gasteiger partial charge in [0.25, 0.3) is 0 Å². The molecule has 0 atom stereocenters. The van der Waals surface area contributed by atoms with Crippen LogP contribution in [0.5, 0.6) is 5.75 Å². The first-order valence-corrected chi connectivity index (χ1v) is 9.53. The fourth-order valence-corrected chi connectivity index (χ4v) is 2.95. The number of nitrogens with zero attached hydrogens (tertiary/aromatic N) is 3. The average molecular weight is 395 g/mol. The summed E-state index contributed by atoms with van der Waals surface area (Å²) in [6.45, 7) is 5.70. The molecule has 0 saturated carbocycles. The predicted molar refractivity (Wildman–Crippen MR) is 113 cm³/mol. The maximum absolute atomic E-state index is 14.4. The Morgan fingerprint density at radius 3 is 2.76 bits per heavy atom. The van der Waals surface area contributed by atoms with E-state index in [4.69, 9.17) is 4.74 Å². The van der Waals surface area contributed by atoms with E-state index in [0.29, 0.717) is 24.7 Å². The van der Waals surface area contributed by atoms with Crippen LogP contribution >= 0.6 is 0 Å². The van der Waals surface area contributed by atoms with E-state index < -0.39 is 0 Å². The third kappa shape index (κ3) is 5.34. The van der Waals surface area contributed by atoms with Crippen molar-refractivity contribution in [3.63, 3.8) is 0 Å². The highest BCUT2D eigenvalue weighted by atomic mass is 19.1. The van der Waals surface area contributed by atoms with Crippen molar-refractivity contribution in [3.8, 4) is 11.4 Å². The molecule has 2 N–H and O–H groups in total. The minimum absolute atomic E-state index is 0.307. The van der Waals surface area contributed by atoms with Gasteiger partial charge in [-0.1, -0.05) is 18.2 Å². The molecule has 0 aliphatic carbocycles. The number of benzene rings is 2. The number of nitrogens with one attached hydrogen (secondary N) is 2. The molecule has 1 heterocycles. The highest BCUT2D eigenvalue weighted by molar-refractivity contribution is 5.79. The minimum atomic E-state index is -0.307. The molecular weight excluding hydrogens is 369 g/mol. The van der Waals surface area contributed by atoms with Gasteiger partial charge in [0, 0.05) is 31.0 Å². The number of aromatic nitrogens is 2. The van der Waals surface area contributed by atoms with Gasteiger partial charge in [0.05, 0.1) is 25.7 Å². The maximum Gasteiger partial charge on any atom is 0.191 e. The Labute approximate surface area is 170 Å². The summed E-state index contributed by atoms with van der Waals surface area (Å²) in [6.07, 6.45) is 4.90. The third-order valence-corrected chi connectivity index (χ3v) is 4.45. The highest BCUT2D eigenvalue weighted by Gasteiger charge is 2.07. The number of imidazole rings is 1. The summed E-state index contributed by atoms with van der Waals surface area (Å²) in [7, 11) is 1.67. The minimum Gasteiger partial charge on any atom is -0.496 e. The number of ether oxygens (including phenoxy) is 1. The SMILES string of the molecule is CCNC(=NCc1ccc(-n2ccnc2)c(F)c1)NCc1ccc(C)cc1OC. The van der Waals surface area contributed by atoms with Crippen LogP contribution in [0.4, 0.5) is 4.39 Å². The molecule has 7 heteroatoms. The van der Waals surface area contributed by atoms with E-state index in [1.807, 2.05) is 38.1 Å². The zero-order valence-corrected chi connectivity index (χ0v) is 16.9. The molecule has 0 radical (unpaired) electrons. The van der Waals surface area contributed by atoms with E-state index in [1.54, 1.807) is 36.5 Å². The Bertz CT molecular complexity index is 969. The molecule has 0 amide bonds. The van der Waals surface area contributed by atoms with Crippen molar-refractivity contribution < 1.29 is 9.13 Å². The second-order valence-corrected chi connectivity index (χ2v) is 6.62. The molecule has 0 aliphatic heterocycles. The summed E-state index contributed by atoms with van der Waals surface area (Å²) in [6, 6.07) is 11.2. The van der Waals surface area contributed by atoms with Crippen LogP contribution in [0.2, 0.25) is 0 Å². The second kappa shape index (κ2) is 9.73. The van der Waals surface area contributed by atoms with Gasteiger partial charge in [-0.2, -0.15) is 0 Å². The number of guanidine groups is 1. The third-order valence-electron chi connectivity index (χ3n) is 4.45. The Kier molecular flexibility index (Phi) is 6.84. The molecule has 0 unspecified atom stereocenters. The predicted octanol–water partition coefficient (Wildman–Crippen LogP) is 3.58. The molecule has 152 valence electrons.